The Hall–Kier alpha value is -1.41. The van der Waals surface area contributed by atoms with Gasteiger partial charge in [0.15, 0.2) is 5.82 Å². The van der Waals surface area contributed by atoms with Gasteiger partial charge in [0, 0.05) is 5.38 Å². The van der Waals surface area contributed by atoms with E-state index in [9.17, 15) is 8.78 Å². The minimum Gasteiger partial charge on any atom is -0.387 e. The molecule has 0 fully saturated rings. The number of aromatic nitrogens is 3. The molecule has 0 saturated carbocycles. The quantitative estimate of drug-likeness (QED) is 0.897. The molecule has 0 saturated heterocycles. The van der Waals surface area contributed by atoms with Gasteiger partial charge in [0.2, 0.25) is 5.89 Å². The van der Waals surface area contributed by atoms with Crippen LogP contribution in [-0.2, 0) is 12.8 Å². The maximum Gasteiger partial charge on any atom is 0.264 e. The predicted octanol–water partition coefficient (Wildman–Crippen LogP) is 1.59. The van der Waals surface area contributed by atoms with Gasteiger partial charge in [0.05, 0.1) is 23.5 Å². The van der Waals surface area contributed by atoms with Gasteiger partial charge in [-0.05, 0) is 6.92 Å². The van der Waals surface area contributed by atoms with Gasteiger partial charge in [0.1, 0.15) is 6.10 Å². The van der Waals surface area contributed by atoms with E-state index in [2.05, 4.69) is 15.1 Å². The highest BCUT2D eigenvalue weighted by Gasteiger charge is 2.20. The smallest absolute Gasteiger partial charge is 0.264 e. The Kier molecular flexibility index (Phi) is 3.97. The first-order valence-electron chi connectivity index (χ1n) is 5.23. The molecule has 2 rings (SSSR count). The summed E-state index contributed by atoms with van der Waals surface area (Å²) in [7, 11) is 0. The van der Waals surface area contributed by atoms with Gasteiger partial charge in [0.25, 0.3) is 6.43 Å². The van der Waals surface area contributed by atoms with E-state index in [4.69, 9.17) is 9.63 Å². The Morgan fingerprint density at radius 2 is 2.22 bits per heavy atom. The zero-order chi connectivity index (χ0) is 13.1. The van der Waals surface area contributed by atoms with E-state index in [-0.39, 0.29) is 12.3 Å². The number of aliphatic hydroxyl groups excluding tert-OH is 1. The molecule has 0 aliphatic carbocycles. The van der Waals surface area contributed by atoms with Crippen LogP contribution in [0.25, 0.3) is 0 Å². The van der Waals surface area contributed by atoms with Crippen LogP contribution in [0, 0.1) is 6.92 Å². The van der Waals surface area contributed by atoms with Crippen molar-refractivity contribution in [1.29, 1.82) is 0 Å². The molecule has 98 valence electrons. The average molecular weight is 275 g/mol. The number of nitrogens with zero attached hydrogens (tertiary/aromatic N) is 3. The van der Waals surface area contributed by atoms with Crippen molar-refractivity contribution >= 4 is 11.3 Å². The van der Waals surface area contributed by atoms with Crippen LogP contribution < -0.4 is 0 Å². The Bertz CT molecular complexity index is 515. The predicted molar refractivity (Wildman–Crippen MR) is 59.7 cm³/mol. The summed E-state index contributed by atoms with van der Waals surface area (Å²) in [5.41, 5.74) is 0.805. The second kappa shape index (κ2) is 5.49. The Morgan fingerprint density at radius 1 is 1.44 bits per heavy atom. The molecule has 2 heterocycles. The number of hydrogen-bond donors (Lipinski definition) is 1. The van der Waals surface area contributed by atoms with Crippen LogP contribution in [0.1, 0.15) is 22.4 Å². The van der Waals surface area contributed by atoms with Gasteiger partial charge in [-0.25, -0.2) is 13.8 Å². The number of rotatable bonds is 5. The molecule has 2 aromatic heterocycles. The van der Waals surface area contributed by atoms with E-state index in [1.54, 1.807) is 0 Å². The van der Waals surface area contributed by atoms with E-state index in [0.29, 0.717) is 12.2 Å². The monoisotopic (exact) mass is 275 g/mol. The Labute approximate surface area is 105 Å². The average Bonchev–Trinajstić information content (AvgIpc) is 2.89. The first-order chi connectivity index (χ1) is 8.54. The lowest BCUT2D eigenvalue weighted by molar-refractivity contribution is -0.00754. The summed E-state index contributed by atoms with van der Waals surface area (Å²) >= 11 is 1.51. The molecule has 0 radical (unpaired) electrons. The number of thiazole rings is 1. The van der Waals surface area contributed by atoms with Crippen molar-refractivity contribution in [2.45, 2.75) is 32.3 Å². The summed E-state index contributed by atoms with van der Waals surface area (Å²) in [6.07, 6.45) is -4.55. The largest absolute Gasteiger partial charge is 0.387 e. The Morgan fingerprint density at radius 3 is 2.83 bits per heavy atom. The zero-order valence-electron chi connectivity index (χ0n) is 9.51. The van der Waals surface area contributed by atoms with Crippen molar-refractivity contribution in [1.82, 2.24) is 15.1 Å². The second-order valence-corrected chi connectivity index (χ2v) is 4.81. The standard InChI is InChI=1S/C10H11F2N3O2S/c1-5-13-6(4-18-5)2-8-14-9(17-15-8)3-7(16)10(11)12/h4,7,10,16H,2-3H2,1H3. The summed E-state index contributed by atoms with van der Waals surface area (Å²) in [6.45, 7) is 1.88. The number of aliphatic hydroxyl groups is 1. The fourth-order valence-electron chi connectivity index (χ4n) is 1.36. The molecular formula is C10H11F2N3O2S. The van der Waals surface area contributed by atoms with Crippen molar-refractivity contribution in [3.8, 4) is 0 Å². The molecule has 2 aromatic rings. The van der Waals surface area contributed by atoms with E-state index < -0.39 is 12.5 Å². The lowest BCUT2D eigenvalue weighted by Gasteiger charge is -2.04. The van der Waals surface area contributed by atoms with E-state index in [1.165, 1.54) is 11.3 Å². The number of alkyl halides is 2. The summed E-state index contributed by atoms with van der Waals surface area (Å²) in [5, 5.41) is 15.5. The van der Waals surface area contributed by atoms with Crippen LogP contribution in [0.5, 0.6) is 0 Å². The highest BCUT2D eigenvalue weighted by atomic mass is 32.1. The van der Waals surface area contributed by atoms with Gasteiger partial charge in [-0.3, -0.25) is 0 Å². The highest BCUT2D eigenvalue weighted by molar-refractivity contribution is 7.09. The van der Waals surface area contributed by atoms with Crippen LogP contribution >= 0.6 is 11.3 Å². The van der Waals surface area contributed by atoms with E-state index >= 15 is 0 Å². The lowest BCUT2D eigenvalue weighted by Crippen LogP contribution is -2.20. The second-order valence-electron chi connectivity index (χ2n) is 3.74. The van der Waals surface area contributed by atoms with Crippen LogP contribution in [0.2, 0.25) is 0 Å². The summed E-state index contributed by atoms with van der Waals surface area (Å²) in [5.74, 6) is 0.376. The van der Waals surface area contributed by atoms with Crippen LogP contribution in [0.4, 0.5) is 8.78 Å². The molecule has 0 bridgehead atoms. The molecular weight excluding hydrogens is 264 g/mol. The molecule has 1 N–H and O–H groups in total. The van der Waals surface area contributed by atoms with Gasteiger partial charge in [-0.2, -0.15) is 4.98 Å². The van der Waals surface area contributed by atoms with Crippen molar-refractivity contribution in [3.05, 3.63) is 27.8 Å². The minimum atomic E-state index is -2.82. The molecule has 0 aromatic carbocycles. The lowest BCUT2D eigenvalue weighted by atomic mass is 10.2. The highest BCUT2D eigenvalue weighted by Crippen LogP contribution is 2.13. The van der Waals surface area contributed by atoms with E-state index in [0.717, 1.165) is 10.7 Å². The van der Waals surface area contributed by atoms with Gasteiger partial charge >= 0.3 is 0 Å². The fraction of sp³-hybridized carbons (Fsp3) is 0.500. The third kappa shape index (κ3) is 3.30. The number of hydrogen-bond acceptors (Lipinski definition) is 6. The SMILES string of the molecule is Cc1nc(Cc2noc(CC(O)C(F)F)n2)cs1. The topological polar surface area (TPSA) is 72.0 Å². The van der Waals surface area contributed by atoms with E-state index in [1.807, 2.05) is 12.3 Å². The molecule has 1 atom stereocenters. The maximum atomic E-state index is 12.1. The van der Waals surface area contributed by atoms with Crippen molar-refractivity contribution < 1.29 is 18.4 Å². The van der Waals surface area contributed by atoms with Crippen molar-refractivity contribution in [3.63, 3.8) is 0 Å². The fourth-order valence-corrected chi connectivity index (χ4v) is 1.98. The molecule has 5 nitrogen and oxygen atoms in total. The third-order valence-corrected chi connectivity index (χ3v) is 3.01. The molecule has 1 unspecified atom stereocenters. The first-order valence-corrected chi connectivity index (χ1v) is 6.11. The molecule has 0 amide bonds. The first kappa shape index (κ1) is 13.0. The molecule has 8 heteroatoms. The maximum absolute atomic E-state index is 12.1. The normalized spacial score (nSPS) is 13.2. The zero-order valence-corrected chi connectivity index (χ0v) is 10.3. The molecule has 0 aliphatic heterocycles. The molecule has 18 heavy (non-hydrogen) atoms. The summed E-state index contributed by atoms with van der Waals surface area (Å²) in [6, 6.07) is 0. The van der Waals surface area contributed by atoms with Crippen molar-refractivity contribution in [2.24, 2.45) is 0 Å². The van der Waals surface area contributed by atoms with Crippen LogP contribution in [-0.4, -0.2) is 32.8 Å². The van der Waals surface area contributed by atoms with Crippen LogP contribution in [0.15, 0.2) is 9.90 Å². The minimum absolute atomic E-state index is 0.00440. The van der Waals surface area contributed by atoms with Crippen molar-refractivity contribution in [2.75, 3.05) is 0 Å². The van der Waals surface area contributed by atoms with Gasteiger partial charge < -0.3 is 9.63 Å². The Balaban J connectivity index is 1.98. The van der Waals surface area contributed by atoms with Crippen LogP contribution in [0.3, 0.4) is 0 Å². The summed E-state index contributed by atoms with van der Waals surface area (Å²) in [4.78, 5) is 8.16. The number of aryl methyl sites for hydroxylation is 1. The molecule has 0 aliphatic rings. The molecule has 0 spiro atoms. The van der Waals surface area contributed by atoms with Gasteiger partial charge in [-0.15, -0.1) is 11.3 Å². The number of halogens is 2. The summed E-state index contributed by atoms with van der Waals surface area (Å²) < 4.78 is 29.0. The third-order valence-electron chi connectivity index (χ3n) is 2.19. The van der Waals surface area contributed by atoms with Gasteiger partial charge in [-0.1, -0.05) is 5.16 Å².